The topological polar surface area (TPSA) is 61.7 Å². The second kappa shape index (κ2) is 6.95. The molecule has 0 saturated heterocycles. The number of aromatic hydroxyl groups is 1. The molecule has 5 heteroatoms. The minimum Gasteiger partial charge on any atom is -0.506 e. The molecule has 0 spiro atoms. The normalized spacial score (nSPS) is 25.4. The van der Waals surface area contributed by atoms with Gasteiger partial charge in [-0.25, -0.2) is 4.99 Å². The molecule has 2 aromatic rings. The van der Waals surface area contributed by atoms with Gasteiger partial charge in [-0.2, -0.15) is 0 Å². The molecule has 30 heavy (non-hydrogen) atoms. The fraction of sp³-hybridized carbons (Fsp3) is 0.280. The highest BCUT2D eigenvalue weighted by molar-refractivity contribution is 9.10. The van der Waals surface area contributed by atoms with Gasteiger partial charge in [0, 0.05) is 21.5 Å². The first-order valence-corrected chi connectivity index (χ1v) is 11.0. The van der Waals surface area contributed by atoms with E-state index in [9.17, 15) is 9.90 Å². The molecule has 2 aliphatic carbocycles. The van der Waals surface area contributed by atoms with E-state index in [1.165, 1.54) is 0 Å². The number of fused-ring (bicyclic) bond motifs is 4. The van der Waals surface area contributed by atoms with Crippen molar-refractivity contribution in [2.45, 2.75) is 32.7 Å². The Morgan fingerprint density at radius 3 is 2.70 bits per heavy atom. The largest absolute Gasteiger partial charge is 0.506 e. The Morgan fingerprint density at radius 2 is 1.93 bits per heavy atom. The number of phenols is 1. The Hall–Kier alpha value is -2.66. The van der Waals surface area contributed by atoms with Gasteiger partial charge in [-0.3, -0.25) is 4.79 Å². The van der Waals surface area contributed by atoms with E-state index in [4.69, 9.17) is 4.99 Å². The van der Waals surface area contributed by atoms with Gasteiger partial charge in [0.15, 0.2) is 5.78 Å². The molecule has 2 N–H and O–H groups in total. The summed E-state index contributed by atoms with van der Waals surface area (Å²) >= 11 is 3.45. The summed E-state index contributed by atoms with van der Waals surface area (Å²) in [6.07, 6.45) is 6.04. The van der Waals surface area contributed by atoms with E-state index in [-0.39, 0.29) is 28.9 Å². The molecule has 0 bridgehead atoms. The van der Waals surface area contributed by atoms with Gasteiger partial charge in [0.1, 0.15) is 11.5 Å². The monoisotopic (exact) mass is 462 g/mol. The van der Waals surface area contributed by atoms with Crippen LogP contribution >= 0.6 is 15.9 Å². The van der Waals surface area contributed by atoms with E-state index in [0.29, 0.717) is 11.4 Å². The van der Waals surface area contributed by atoms with Gasteiger partial charge in [0.05, 0.1) is 17.4 Å². The minimum absolute atomic E-state index is 0.0399. The van der Waals surface area contributed by atoms with Crippen LogP contribution in [0.4, 0.5) is 11.4 Å². The van der Waals surface area contributed by atoms with E-state index >= 15 is 0 Å². The van der Waals surface area contributed by atoms with Crippen LogP contribution in [-0.4, -0.2) is 22.6 Å². The number of aliphatic imine (C=N–C) groups is 1. The third-order valence-electron chi connectivity index (χ3n) is 6.25. The lowest BCUT2D eigenvalue weighted by atomic mass is 9.65. The Morgan fingerprint density at radius 1 is 1.17 bits per heavy atom. The van der Waals surface area contributed by atoms with Gasteiger partial charge in [0.2, 0.25) is 0 Å². The Kier molecular flexibility index (Phi) is 4.47. The predicted molar refractivity (Wildman–Crippen MR) is 124 cm³/mol. The molecule has 0 amide bonds. The average Bonchev–Trinajstić information content (AvgIpc) is 2.71. The van der Waals surface area contributed by atoms with E-state index in [2.05, 4.69) is 41.2 Å². The summed E-state index contributed by atoms with van der Waals surface area (Å²) in [6.45, 7) is 4.42. The first-order chi connectivity index (χ1) is 14.3. The van der Waals surface area contributed by atoms with Crippen LogP contribution in [-0.2, 0) is 4.79 Å². The summed E-state index contributed by atoms with van der Waals surface area (Å²) < 4.78 is 0.974. The lowest BCUT2D eigenvalue weighted by molar-refractivity contribution is -0.116. The van der Waals surface area contributed by atoms with Crippen LogP contribution in [0.2, 0.25) is 0 Å². The number of nitrogens with one attached hydrogen (secondary N) is 1. The molecule has 0 aromatic heterocycles. The number of Topliss-reactive ketones (excluding diaryl/α,β-unsaturated/α-hetero) is 1. The third kappa shape index (κ3) is 3.21. The Labute approximate surface area is 184 Å². The molecule has 4 nitrogen and oxygen atoms in total. The lowest BCUT2D eigenvalue weighted by Crippen LogP contribution is -2.47. The van der Waals surface area contributed by atoms with Crippen LogP contribution in [0.25, 0.3) is 6.08 Å². The highest BCUT2D eigenvalue weighted by atomic mass is 79.9. The van der Waals surface area contributed by atoms with E-state index in [0.717, 1.165) is 39.7 Å². The number of halogens is 1. The number of hydrogen-bond donors (Lipinski definition) is 2. The first-order valence-electron chi connectivity index (χ1n) is 10.2. The number of carbonyl (C=O) groups is 1. The highest BCUT2D eigenvalue weighted by Gasteiger charge is 2.45. The molecule has 2 aromatic carbocycles. The Balaban J connectivity index is 1.71. The molecule has 1 aliphatic heterocycles. The molecule has 0 radical (unpaired) electrons. The van der Waals surface area contributed by atoms with Crippen LogP contribution < -0.4 is 5.32 Å². The van der Waals surface area contributed by atoms with Crippen molar-refractivity contribution in [3.05, 3.63) is 69.7 Å². The molecule has 5 rings (SSSR count). The lowest BCUT2D eigenvalue weighted by Gasteiger charge is -2.43. The smallest absolute Gasteiger partial charge is 0.188 e. The molecule has 1 heterocycles. The number of nitrogens with zero attached hydrogens (tertiary/aromatic N) is 1. The second-order valence-electron chi connectivity index (χ2n) is 8.94. The quantitative estimate of drug-likeness (QED) is 0.400. The molecule has 2 atom stereocenters. The van der Waals surface area contributed by atoms with Crippen molar-refractivity contribution in [2.75, 3.05) is 5.32 Å². The first kappa shape index (κ1) is 19.3. The number of hydrogen-bond acceptors (Lipinski definition) is 4. The van der Waals surface area contributed by atoms with Crippen molar-refractivity contribution in [3.8, 4) is 5.75 Å². The van der Waals surface area contributed by atoms with Crippen LogP contribution in [0.5, 0.6) is 5.75 Å². The number of rotatable bonds is 1. The van der Waals surface area contributed by atoms with Gasteiger partial charge in [-0.15, -0.1) is 0 Å². The number of allylic oxidation sites excluding steroid dienone is 1. The minimum atomic E-state index is -0.172. The fourth-order valence-electron chi connectivity index (χ4n) is 4.72. The summed E-state index contributed by atoms with van der Waals surface area (Å²) in [7, 11) is 0. The number of para-hydroxylation sites is 1. The van der Waals surface area contributed by atoms with Crippen molar-refractivity contribution < 1.29 is 9.90 Å². The van der Waals surface area contributed by atoms with Crippen LogP contribution in [0.3, 0.4) is 0 Å². The molecular weight excluding hydrogens is 440 g/mol. The van der Waals surface area contributed by atoms with Gasteiger partial charge < -0.3 is 10.4 Å². The van der Waals surface area contributed by atoms with Crippen LogP contribution in [0, 0.1) is 11.3 Å². The number of ketones is 1. The van der Waals surface area contributed by atoms with E-state index in [1.807, 2.05) is 42.5 Å². The van der Waals surface area contributed by atoms with E-state index in [1.54, 1.807) is 6.07 Å². The number of anilines is 1. The zero-order valence-corrected chi connectivity index (χ0v) is 18.5. The zero-order chi connectivity index (χ0) is 21.0. The molecule has 152 valence electrons. The summed E-state index contributed by atoms with van der Waals surface area (Å²) in [5, 5.41) is 13.9. The van der Waals surface area contributed by atoms with Crippen LogP contribution in [0.1, 0.15) is 32.3 Å². The summed E-state index contributed by atoms with van der Waals surface area (Å²) in [4.78, 5) is 18.4. The van der Waals surface area contributed by atoms with Gasteiger partial charge in [-0.05, 0) is 60.2 Å². The SMILES string of the molecule is CC1(C)C=C2C(CC1)C(=O)/C(=N\c1ccc(Br)cc1)C1=Cc3cccc(O)c3NC12. The maximum Gasteiger partial charge on any atom is 0.188 e. The van der Waals surface area contributed by atoms with E-state index < -0.39 is 0 Å². The van der Waals surface area contributed by atoms with Crippen LogP contribution in [0.15, 0.2) is 69.2 Å². The summed E-state index contributed by atoms with van der Waals surface area (Å²) in [5.74, 6) is 0.139. The average molecular weight is 463 g/mol. The fourth-order valence-corrected chi connectivity index (χ4v) is 4.99. The maximum absolute atomic E-state index is 13.6. The molecular formula is C25H23BrN2O2. The van der Waals surface area contributed by atoms with Crippen molar-refractivity contribution in [1.29, 1.82) is 0 Å². The van der Waals surface area contributed by atoms with Gasteiger partial charge >= 0.3 is 0 Å². The molecule has 1 saturated carbocycles. The van der Waals surface area contributed by atoms with Crippen molar-refractivity contribution in [1.82, 2.24) is 0 Å². The highest BCUT2D eigenvalue weighted by Crippen LogP contribution is 2.47. The Bertz CT molecular complexity index is 1140. The van der Waals surface area contributed by atoms with Crippen molar-refractivity contribution in [3.63, 3.8) is 0 Å². The number of carbonyl (C=O) groups excluding carboxylic acids is 1. The predicted octanol–water partition coefficient (Wildman–Crippen LogP) is 6.05. The molecule has 3 aliphatic rings. The standard InChI is InChI=1S/C25H23BrN2O2/c1-25(2)11-10-17-19(13-25)22-18(12-14-4-3-5-20(29)21(14)28-22)23(24(17)30)27-16-8-6-15(26)7-9-16/h3-9,12-13,17,22,28-29H,10-11H2,1-2H3/b27-23-. The second-order valence-corrected chi connectivity index (χ2v) is 9.86. The molecule has 1 fully saturated rings. The van der Waals surface area contributed by atoms with Crippen molar-refractivity contribution >= 4 is 44.9 Å². The molecule has 2 unspecified atom stereocenters. The number of benzene rings is 2. The van der Waals surface area contributed by atoms with Gasteiger partial charge in [0.25, 0.3) is 0 Å². The summed E-state index contributed by atoms with van der Waals surface area (Å²) in [6, 6.07) is 13.0. The van der Waals surface area contributed by atoms with Gasteiger partial charge in [-0.1, -0.05) is 48.0 Å². The maximum atomic E-state index is 13.6. The number of phenolic OH excluding ortho intramolecular Hbond substituents is 1. The zero-order valence-electron chi connectivity index (χ0n) is 16.9. The third-order valence-corrected chi connectivity index (χ3v) is 6.78. The summed E-state index contributed by atoms with van der Waals surface area (Å²) in [5.41, 5.74) is 4.88. The van der Waals surface area contributed by atoms with Crippen molar-refractivity contribution in [2.24, 2.45) is 16.3 Å².